The minimum atomic E-state index is -2.29. The Morgan fingerprint density at radius 2 is 2.07 bits per heavy atom. The molecule has 1 fully saturated rings. The summed E-state index contributed by atoms with van der Waals surface area (Å²) in [5.41, 5.74) is -1.24. The highest BCUT2D eigenvalue weighted by atomic mass is 16.5. The number of aryl methyl sites for hydroxylation is 1. The molecular weight excluding hydrogens is 384 g/mol. The molecule has 1 atom stereocenters. The molecule has 7 heteroatoms. The lowest BCUT2D eigenvalue weighted by Crippen LogP contribution is -2.45. The maximum absolute atomic E-state index is 13.4. The molecule has 1 aromatic heterocycles. The Labute approximate surface area is 173 Å². The first-order chi connectivity index (χ1) is 14.4. The molecule has 156 valence electrons. The number of aliphatic hydroxyl groups is 1. The van der Waals surface area contributed by atoms with E-state index in [0.29, 0.717) is 11.3 Å². The molecule has 7 nitrogen and oxygen atoms in total. The van der Waals surface area contributed by atoms with Gasteiger partial charge in [0.05, 0.1) is 35.4 Å². The van der Waals surface area contributed by atoms with Crippen LogP contribution in [0.15, 0.2) is 33.0 Å². The summed E-state index contributed by atoms with van der Waals surface area (Å²) in [7, 11) is 1.14. The van der Waals surface area contributed by atoms with Gasteiger partial charge in [-0.05, 0) is 31.9 Å². The molecule has 2 aliphatic carbocycles. The Kier molecular flexibility index (Phi) is 5.12. The zero-order valence-electron chi connectivity index (χ0n) is 17.1. The van der Waals surface area contributed by atoms with E-state index in [4.69, 9.17) is 9.15 Å². The second kappa shape index (κ2) is 7.62. The van der Waals surface area contributed by atoms with E-state index in [1.807, 2.05) is 13.0 Å². The second-order valence-electron chi connectivity index (χ2n) is 8.11. The molecule has 0 amide bonds. The largest absolute Gasteiger partial charge is 0.467 e. The Bertz CT molecular complexity index is 1150. The van der Waals surface area contributed by atoms with Crippen molar-refractivity contribution < 1.29 is 19.1 Å². The minimum Gasteiger partial charge on any atom is -0.467 e. The van der Waals surface area contributed by atoms with Gasteiger partial charge in [0, 0.05) is 12.5 Å². The number of nitriles is 1. The Morgan fingerprint density at radius 1 is 1.33 bits per heavy atom. The number of carbonyl (C=O) groups is 1. The number of ether oxygens (including phenoxy) is 1. The molecular formula is C23H24N2O5. The fraction of sp³-hybridized carbons (Fsp3) is 0.435. The summed E-state index contributed by atoms with van der Waals surface area (Å²) in [4.78, 5) is 26.0. The van der Waals surface area contributed by atoms with E-state index in [1.54, 1.807) is 12.1 Å². The van der Waals surface area contributed by atoms with E-state index in [2.05, 4.69) is 11.4 Å². The molecule has 2 aliphatic rings. The van der Waals surface area contributed by atoms with E-state index in [9.17, 15) is 20.0 Å². The van der Waals surface area contributed by atoms with Gasteiger partial charge in [0.15, 0.2) is 16.8 Å². The average Bonchev–Trinajstić information content (AvgIpc) is 2.76. The summed E-state index contributed by atoms with van der Waals surface area (Å²) in [6.07, 6.45) is 4.85. The van der Waals surface area contributed by atoms with E-state index >= 15 is 0 Å². The Hall–Kier alpha value is -3.11. The smallest absolute Gasteiger partial charge is 0.343 e. The number of hydrogen-bond donors (Lipinski definition) is 2. The molecule has 0 radical (unpaired) electrons. The lowest BCUT2D eigenvalue weighted by atomic mass is 9.79. The van der Waals surface area contributed by atoms with Gasteiger partial charge < -0.3 is 19.6 Å². The van der Waals surface area contributed by atoms with Gasteiger partial charge in [-0.15, -0.1) is 0 Å². The summed E-state index contributed by atoms with van der Waals surface area (Å²) < 4.78 is 10.9. The molecule has 1 unspecified atom stereocenters. The normalized spacial score (nSPS) is 21.8. The fourth-order valence-electron chi connectivity index (χ4n) is 4.47. The fourth-order valence-corrected chi connectivity index (χ4v) is 4.47. The van der Waals surface area contributed by atoms with Gasteiger partial charge in [0.25, 0.3) is 0 Å². The predicted molar refractivity (Wildman–Crippen MR) is 110 cm³/mol. The summed E-state index contributed by atoms with van der Waals surface area (Å²) in [6, 6.07) is 7.38. The van der Waals surface area contributed by atoms with Gasteiger partial charge in [-0.1, -0.05) is 30.9 Å². The number of esters is 1. The van der Waals surface area contributed by atoms with Crippen LogP contribution in [0.25, 0.3) is 16.7 Å². The number of methoxy groups -OCH3 is 1. The Balaban J connectivity index is 1.99. The van der Waals surface area contributed by atoms with E-state index in [0.717, 1.165) is 38.4 Å². The van der Waals surface area contributed by atoms with Gasteiger partial charge in [-0.2, -0.15) is 5.26 Å². The number of nitrogens with one attached hydrogen (secondary N) is 1. The van der Waals surface area contributed by atoms with Crippen LogP contribution >= 0.6 is 0 Å². The highest BCUT2D eigenvalue weighted by molar-refractivity contribution is 5.90. The van der Waals surface area contributed by atoms with Gasteiger partial charge in [-0.3, -0.25) is 4.79 Å². The van der Waals surface area contributed by atoms with Crippen LogP contribution in [0, 0.1) is 18.3 Å². The predicted octanol–water partition coefficient (Wildman–Crippen LogP) is 3.02. The molecule has 4 rings (SSSR count). The van der Waals surface area contributed by atoms with Crippen LogP contribution in [0.2, 0.25) is 0 Å². The number of rotatable bonds is 3. The van der Waals surface area contributed by atoms with Gasteiger partial charge >= 0.3 is 5.97 Å². The van der Waals surface area contributed by atoms with Crippen molar-refractivity contribution in [2.24, 2.45) is 0 Å². The maximum atomic E-state index is 13.4. The minimum absolute atomic E-state index is 0.0395. The average molecular weight is 408 g/mol. The number of benzene rings is 1. The SMILES string of the molecule is COC(=O)C1(O)CC(C#N)=C(NC2CCCCC2)c2oc3ccc(C)cc3c(=O)c21. The van der Waals surface area contributed by atoms with Crippen molar-refractivity contribution in [2.45, 2.75) is 57.1 Å². The first kappa shape index (κ1) is 20.2. The van der Waals surface area contributed by atoms with Crippen LogP contribution in [0.5, 0.6) is 0 Å². The lowest BCUT2D eigenvalue weighted by molar-refractivity contribution is -0.163. The summed E-state index contributed by atoms with van der Waals surface area (Å²) in [6.45, 7) is 1.84. The number of fused-ring (bicyclic) bond motifs is 2. The van der Waals surface area contributed by atoms with E-state index in [1.165, 1.54) is 6.42 Å². The molecule has 1 saturated carbocycles. The van der Waals surface area contributed by atoms with Crippen molar-refractivity contribution in [1.82, 2.24) is 5.32 Å². The molecule has 2 aromatic rings. The molecule has 1 heterocycles. The molecule has 0 bridgehead atoms. The zero-order chi connectivity index (χ0) is 21.5. The van der Waals surface area contributed by atoms with Crippen LogP contribution in [-0.4, -0.2) is 24.2 Å². The van der Waals surface area contributed by atoms with E-state index in [-0.39, 0.29) is 34.7 Å². The topological polar surface area (TPSA) is 113 Å². The van der Waals surface area contributed by atoms with Gasteiger partial charge in [0.2, 0.25) is 0 Å². The second-order valence-corrected chi connectivity index (χ2v) is 8.11. The number of carbonyl (C=O) groups excluding carboxylic acids is 1. The molecule has 30 heavy (non-hydrogen) atoms. The number of nitrogens with zero attached hydrogens (tertiary/aromatic N) is 1. The van der Waals surface area contributed by atoms with Crippen LogP contribution in [0.4, 0.5) is 0 Å². The first-order valence-electron chi connectivity index (χ1n) is 10.2. The highest BCUT2D eigenvalue weighted by Crippen LogP contribution is 2.41. The Morgan fingerprint density at radius 3 is 2.73 bits per heavy atom. The summed E-state index contributed by atoms with van der Waals surface area (Å²) in [5, 5.41) is 24.7. The monoisotopic (exact) mass is 408 g/mol. The quantitative estimate of drug-likeness (QED) is 0.751. The number of hydrogen-bond acceptors (Lipinski definition) is 7. The van der Waals surface area contributed by atoms with Crippen LogP contribution in [0.1, 0.15) is 55.4 Å². The van der Waals surface area contributed by atoms with E-state index < -0.39 is 17.0 Å². The van der Waals surface area contributed by atoms with Crippen molar-refractivity contribution in [3.63, 3.8) is 0 Å². The van der Waals surface area contributed by atoms with Gasteiger partial charge in [0.1, 0.15) is 5.58 Å². The van der Waals surface area contributed by atoms with Crippen molar-refractivity contribution in [3.05, 3.63) is 50.9 Å². The van der Waals surface area contributed by atoms with Crippen LogP contribution in [-0.2, 0) is 15.1 Å². The molecule has 0 aliphatic heterocycles. The van der Waals surface area contributed by atoms with Crippen molar-refractivity contribution in [2.75, 3.05) is 7.11 Å². The summed E-state index contributed by atoms with van der Waals surface area (Å²) >= 11 is 0. The molecule has 2 N–H and O–H groups in total. The standard InChI is InChI=1S/C23H24N2O5/c1-13-8-9-17-16(10-13)20(26)18-21(30-17)19(25-15-6-4-3-5-7-15)14(12-24)11-23(18,28)22(27)29-2/h8-10,15,25,28H,3-7,11H2,1-2H3. The third-order valence-corrected chi connectivity index (χ3v) is 6.03. The lowest BCUT2D eigenvalue weighted by Gasteiger charge is -2.34. The van der Waals surface area contributed by atoms with Crippen molar-refractivity contribution in [3.8, 4) is 6.07 Å². The first-order valence-corrected chi connectivity index (χ1v) is 10.2. The molecule has 0 saturated heterocycles. The van der Waals surface area contributed by atoms with Crippen LogP contribution < -0.4 is 10.7 Å². The summed E-state index contributed by atoms with van der Waals surface area (Å²) in [5.74, 6) is -0.954. The van der Waals surface area contributed by atoms with Gasteiger partial charge in [-0.25, -0.2) is 4.79 Å². The third-order valence-electron chi connectivity index (χ3n) is 6.03. The highest BCUT2D eigenvalue weighted by Gasteiger charge is 2.49. The van der Waals surface area contributed by atoms with Crippen molar-refractivity contribution >= 4 is 22.6 Å². The van der Waals surface area contributed by atoms with Crippen molar-refractivity contribution in [1.29, 1.82) is 5.26 Å². The molecule has 0 spiro atoms. The molecule has 1 aromatic carbocycles. The maximum Gasteiger partial charge on any atom is 0.343 e. The zero-order valence-corrected chi connectivity index (χ0v) is 17.1. The van der Waals surface area contributed by atoms with Crippen LogP contribution in [0.3, 0.4) is 0 Å². The third kappa shape index (κ3) is 3.17.